The molecule has 1 fully saturated rings. The van der Waals surface area contributed by atoms with Crippen LogP contribution in [-0.4, -0.2) is 31.5 Å². The van der Waals surface area contributed by atoms with Gasteiger partial charge in [-0.1, -0.05) is 13.0 Å². The number of benzene rings is 2. The highest BCUT2D eigenvalue weighted by molar-refractivity contribution is 6.04. The van der Waals surface area contributed by atoms with E-state index in [0.29, 0.717) is 11.3 Å². The molecular weight excluding hydrogens is 342 g/mol. The normalized spacial score (nSPS) is 14.6. The Hall–Kier alpha value is -3.02. The molecule has 1 aliphatic rings. The highest BCUT2D eigenvalue weighted by atomic mass is 16.5. The standard InChI is InChI=1S/C21H25N3O3/c1-15-9-11-24(12-10-15)18-7-5-17(6-8-18)23-21(26)16-3-2-4-19(13-16)27-14-20(22)25/h2-8,13,15H,9-12,14H2,1H3,(H2,22,25)(H,23,26). The summed E-state index contributed by atoms with van der Waals surface area (Å²) in [5.41, 5.74) is 7.43. The lowest BCUT2D eigenvalue weighted by Gasteiger charge is -2.32. The summed E-state index contributed by atoms with van der Waals surface area (Å²) in [4.78, 5) is 25.6. The highest BCUT2D eigenvalue weighted by Crippen LogP contribution is 2.24. The molecule has 27 heavy (non-hydrogen) atoms. The minimum Gasteiger partial charge on any atom is -0.484 e. The average molecular weight is 367 g/mol. The van der Waals surface area contributed by atoms with Crippen LogP contribution in [0.5, 0.6) is 5.75 Å². The lowest BCUT2D eigenvalue weighted by molar-refractivity contribution is -0.119. The van der Waals surface area contributed by atoms with E-state index in [1.54, 1.807) is 24.3 Å². The fourth-order valence-electron chi connectivity index (χ4n) is 3.11. The highest BCUT2D eigenvalue weighted by Gasteiger charge is 2.16. The maximum atomic E-state index is 12.5. The van der Waals surface area contributed by atoms with Gasteiger partial charge >= 0.3 is 0 Å². The summed E-state index contributed by atoms with van der Waals surface area (Å²) >= 11 is 0. The zero-order chi connectivity index (χ0) is 19.2. The van der Waals surface area contributed by atoms with Gasteiger partial charge in [0, 0.05) is 30.0 Å². The maximum Gasteiger partial charge on any atom is 0.255 e. The number of amides is 2. The Balaban J connectivity index is 1.61. The van der Waals surface area contributed by atoms with Crippen LogP contribution in [0.25, 0.3) is 0 Å². The number of piperidine rings is 1. The fraction of sp³-hybridized carbons (Fsp3) is 0.333. The summed E-state index contributed by atoms with van der Waals surface area (Å²) in [6, 6.07) is 14.6. The minimum atomic E-state index is -0.562. The zero-order valence-electron chi connectivity index (χ0n) is 15.5. The SMILES string of the molecule is CC1CCN(c2ccc(NC(=O)c3cccc(OCC(N)=O)c3)cc2)CC1. The second-order valence-electron chi connectivity index (χ2n) is 6.95. The number of anilines is 2. The van der Waals surface area contributed by atoms with Crippen LogP contribution in [0.4, 0.5) is 11.4 Å². The van der Waals surface area contributed by atoms with Crippen molar-refractivity contribution >= 4 is 23.2 Å². The Morgan fingerprint density at radius 1 is 1.15 bits per heavy atom. The number of primary amides is 1. The number of nitrogens with one attached hydrogen (secondary N) is 1. The van der Waals surface area contributed by atoms with Crippen LogP contribution in [0.15, 0.2) is 48.5 Å². The first kappa shape index (κ1) is 18.8. The monoisotopic (exact) mass is 367 g/mol. The van der Waals surface area contributed by atoms with Gasteiger partial charge in [-0.05, 0) is 61.2 Å². The Labute approximate surface area is 159 Å². The predicted octanol–water partition coefficient (Wildman–Crippen LogP) is 3.04. The third kappa shape index (κ3) is 5.23. The molecule has 6 heteroatoms. The van der Waals surface area contributed by atoms with Gasteiger partial charge in [-0.3, -0.25) is 9.59 Å². The zero-order valence-corrected chi connectivity index (χ0v) is 15.5. The Morgan fingerprint density at radius 2 is 1.85 bits per heavy atom. The van der Waals surface area contributed by atoms with Crippen molar-refractivity contribution in [2.45, 2.75) is 19.8 Å². The molecule has 2 aromatic rings. The fourth-order valence-corrected chi connectivity index (χ4v) is 3.11. The number of nitrogens with two attached hydrogens (primary N) is 1. The molecular formula is C21H25N3O3. The number of carbonyl (C=O) groups excluding carboxylic acids is 2. The van der Waals surface area contributed by atoms with Crippen LogP contribution >= 0.6 is 0 Å². The smallest absolute Gasteiger partial charge is 0.255 e. The summed E-state index contributed by atoms with van der Waals surface area (Å²) in [5.74, 6) is 0.422. The molecule has 0 aliphatic carbocycles. The second kappa shape index (κ2) is 8.58. The first-order valence-electron chi connectivity index (χ1n) is 9.19. The van der Waals surface area contributed by atoms with Gasteiger partial charge in [0.2, 0.25) is 0 Å². The molecule has 0 unspecified atom stereocenters. The largest absolute Gasteiger partial charge is 0.484 e. The Bertz CT molecular complexity index is 797. The number of ether oxygens (including phenoxy) is 1. The van der Waals surface area contributed by atoms with Crippen molar-refractivity contribution in [1.29, 1.82) is 0 Å². The van der Waals surface area contributed by atoms with Gasteiger partial charge in [-0.2, -0.15) is 0 Å². The number of rotatable bonds is 6. The molecule has 0 atom stereocenters. The van der Waals surface area contributed by atoms with Crippen molar-refractivity contribution in [3.63, 3.8) is 0 Å². The molecule has 1 saturated heterocycles. The molecule has 0 spiro atoms. The van der Waals surface area contributed by atoms with E-state index in [1.165, 1.54) is 18.5 Å². The van der Waals surface area contributed by atoms with Crippen LogP contribution < -0.4 is 20.7 Å². The molecule has 2 aromatic carbocycles. The lowest BCUT2D eigenvalue weighted by Crippen LogP contribution is -2.32. The first-order valence-corrected chi connectivity index (χ1v) is 9.19. The molecule has 1 aliphatic heterocycles. The van der Waals surface area contributed by atoms with Gasteiger partial charge in [-0.25, -0.2) is 0 Å². The molecule has 0 radical (unpaired) electrons. The van der Waals surface area contributed by atoms with Gasteiger partial charge in [0.05, 0.1) is 0 Å². The lowest BCUT2D eigenvalue weighted by atomic mass is 9.99. The van der Waals surface area contributed by atoms with E-state index >= 15 is 0 Å². The minimum absolute atomic E-state index is 0.220. The van der Waals surface area contributed by atoms with Gasteiger partial charge in [0.15, 0.2) is 6.61 Å². The van der Waals surface area contributed by atoms with Gasteiger partial charge < -0.3 is 20.7 Å². The van der Waals surface area contributed by atoms with Crippen molar-refractivity contribution in [2.75, 3.05) is 29.9 Å². The van der Waals surface area contributed by atoms with Crippen molar-refractivity contribution in [1.82, 2.24) is 0 Å². The van der Waals surface area contributed by atoms with Crippen molar-refractivity contribution in [3.05, 3.63) is 54.1 Å². The Morgan fingerprint density at radius 3 is 2.52 bits per heavy atom. The third-order valence-electron chi connectivity index (χ3n) is 4.75. The van der Waals surface area contributed by atoms with Gasteiger partial charge in [0.25, 0.3) is 11.8 Å². The van der Waals surface area contributed by atoms with Gasteiger partial charge in [-0.15, -0.1) is 0 Å². The van der Waals surface area contributed by atoms with E-state index in [9.17, 15) is 9.59 Å². The van der Waals surface area contributed by atoms with Crippen LogP contribution in [0.1, 0.15) is 30.1 Å². The van der Waals surface area contributed by atoms with Crippen molar-refractivity contribution in [3.8, 4) is 5.75 Å². The number of nitrogens with zero attached hydrogens (tertiary/aromatic N) is 1. The third-order valence-corrected chi connectivity index (χ3v) is 4.75. The molecule has 3 rings (SSSR count). The number of hydrogen-bond acceptors (Lipinski definition) is 4. The summed E-state index contributed by atoms with van der Waals surface area (Å²) in [7, 11) is 0. The molecule has 0 bridgehead atoms. The number of carbonyl (C=O) groups is 2. The molecule has 6 nitrogen and oxygen atoms in total. The molecule has 2 amide bonds. The summed E-state index contributed by atoms with van der Waals surface area (Å²) in [6.45, 7) is 4.22. The maximum absolute atomic E-state index is 12.5. The van der Waals surface area contributed by atoms with E-state index < -0.39 is 5.91 Å². The van der Waals surface area contributed by atoms with E-state index in [0.717, 1.165) is 24.7 Å². The van der Waals surface area contributed by atoms with E-state index in [1.807, 2.05) is 24.3 Å². The average Bonchev–Trinajstić information content (AvgIpc) is 2.68. The Kier molecular flexibility index (Phi) is 5.96. The van der Waals surface area contributed by atoms with Crippen LogP contribution in [-0.2, 0) is 4.79 Å². The van der Waals surface area contributed by atoms with Crippen LogP contribution in [0, 0.1) is 5.92 Å². The van der Waals surface area contributed by atoms with Crippen molar-refractivity contribution < 1.29 is 14.3 Å². The summed E-state index contributed by atoms with van der Waals surface area (Å²) in [5, 5.41) is 2.88. The van der Waals surface area contributed by atoms with Crippen molar-refractivity contribution in [2.24, 2.45) is 11.7 Å². The second-order valence-corrected chi connectivity index (χ2v) is 6.95. The van der Waals surface area contributed by atoms with E-state index in [4.69, 9.17) is 10.5 Å². The molecule has 3 N–H and O–H groups in total. The summed E-state index contributed by atoms with van der Waals surface area (Å²) < 4.78 is 5.24. The van der Waals surface area contributed by atoms with E-state index in [-0.39, 0.29) is 12.5 Å². The quantitative estimate of drug-likeness (QED) is 0.822. The first-order chi connectivity index (χ1) is 13.0. The number of hydrogen-bond donors (Lipinski definition) is 2. The van der Waals surface area contributed by atoms with Gasteiger partial charge in [0.1, 0.15) is 5.75 Å². The molecule has 1 heterocycles. The van der Waals surface area contributed by atoms with E-state index in [2.05, 4.69) is 17.1 Å². The predicted molar refractivity (Wildman–Crippen MR) is 106 cm³/mol. The molecule has 0 aromatic heterocycles. The van der Waals surface area contributed by atoms with Crippen LogP contribution in [0.3, 0.4) is 0 Å². The molecule has 0 saturated carbocycles. The topological polar surface area (TPSA) is 84.7 Å². The molecule has 142 valence electrons. The van der Waals surface area contributed by atoms with Crippen LogP contribution in [0.2, 0.25) is 0 Å². The summed E-state index contributed by atoms with van der Waals surface area (Å²) in [6.07, 6.45) is 2.43.